The summed E-state index contributed by atoms with van der Waals surface area (Å²) in [6, 6.07) is 9.43. The minimum Gasteiger partial charge on any atom is -0.492 e. The molecule has 21 heavy (non-hydrogen) atoms. The van der Waals surface area contributed by atoms with Crippen molar-refractivity contribution in [1.29, 1.82) is 0 Å². The topological polar surface area (TPSA) is 87.0 Å². The van der Waals surface area contributed by atoms with Crippen molar-refractivity contribution in [3.05, 3.63) is 42.1 Å². The number of rotatable bonds is 2. The lowest BCUT2D eigenvalue weighted by Crippen LogP contribution is -1.99. The maximum atomic E-state index is 6.00. The molecule has 106 valence electrons. The van der Waals surface area contributed by atoms with Crippen LogP contribution >= 0.6 is 0 Å². The minimum atomic E-state index is 0.476. The van der Waals surface area contributed by atoms with Gasteiger partial charge in [-0.2, -0.15) is 0 Å². The number of fused-ring (bicyclic) bond motifs is 1. The molecule has 0 saturated carbocycles. The first kappa shape index (κ1) is 13.2. The number of pyridine rings is 2. The van der Waals surface area contributed by atoms with E-state index >= 15 is 0 Å². The molecule has 0 aliphatic rings. The number of nitrogen functional groups attached to an aromatic ring is 2. The van der Waals surface area contributed by atoms with Crippen molar-refractivity contribution in [1.82, 2.24) is 9.97 Å². The maximum Gasteiger partial charge on any atom is 0.168 e. The lowest BCUT2D eigenvalue weighted by Gasteiger charge is -2.11. The fourth-order valence-corrected chi connectivity index (χ4v) is 2.29. The molecule has 3 aromatic rings. The van der Waals surface area contributed by atoms with Crippen LogP contribution in [0.2, 0.25) is 0 Å². The molecule has 0 radical (unpaired) electrons. The predicted octanol–water partition coefficient (Wildman–Crippen LogP) is 2.78. The van der Waals surface area contributed by atoms with Gasteiger partial charge >= 0.3 is 0 Å². The first-order chi connectivity index (χ1) is 10.1. The summed E-state index contributed by atoms with van der Waals surface area (Å²) in [6.45, 7) is 2.00. The molecule has 0 spiro atoms. The third-order valence-corrected chi connectivity index (χ3v) is 3.37. The average Bonchev–Trinajstić information content (AvgIpc) is 2.48. The summed E-state index contributed by atoms with van der Waals surface area (Å²) >= 11 is 0. The molecule has 5 heteroatoms. The Balaban J connectivity index is 2.25. The Morgan fingerprint density at radius 2 is 1.76 bits per heavy atom. The molecule has 5 nitrogen and oxygen atoms in total. The molecule has 2 heterocycles. The number of nitrogens with zero attached hydrogens (tertiary/aromatic N) is 2. The molecule has 1 aromatic carbocycles. The summed E-state index contributed by atoms with van der Waals surface area (Å²) in [4.78, 5) is 9.01. The van der Waals surface area contributed by atoms with E-state index in [2.05, 4.69) is 9.97 Å². The van der Waals surface area contributed by atoms with E-state index in [1.54, 1.807) is 13.2 Å². The smallest absolute Gasteiger partial charge is 0.168 e. The summed E-state index contributed by atoms with van der Waals surface area (Å²) in [5, 5.41) is 0.817. The number of hydrogen-bond acceptors (Lipinski definition) is 5. The molecule has 0 amide bonds. The Morgan fingerprint density at radius 3 is 2.43 bits per heavy atom. The Morgan fingerprint density at radius 1 is 1.00 bits per heavy atom. The molecular weight excluding hydrogens is 264 g/mol. The average molecular weight is 280 g/mol. The number of anilines is 2. The van der Waals surface area contributed by atoms with Crippen LogP contribution in [0.1, 0.15) is 5.56 Å². The molecule has 3 rings (SSSR count). The number of nitrogens with two attached hydrogens (primary N) is 2. The molecule has 0 aliphatic heterocycles. The van der Waals surface area contributed by atoms with Gasteiger partial charge in [-0.15, -0.1) is 0 Å². The molecule has 4 N–H and O–H groups in total. The van der Waals surface area contributed by atoms with Gasteiger partial charge in [-0.1, -0.05) is 6.07 Å². The highest BCUT2D eigenvalue weighted by Crippen LogP contribution is 2.35. The summed E-state index contributed by atoms with van der Waals surface area (Å²) < 4.78 is 5.36. The second-order valence-corrected chi connectivity index (χ2v) is 4.90. The third kappa shape index (κ3) is 2.23. The summed E-state index contributed by atoms with van der Waals surface area (Å²) in [5.74, 6) is 0.535. The normalized spacial score (nSPS) is 10.8. The van der Waals surface area contributed by atoms with Gasteiger partial charge in [0.2, 0.25) is 0 Å². The highest BCUT2D eigenvalue weighted by Gasteiger charge is 2.12. The van der Waals surface area contributed by atoms with Crippen LogP contribution in [-0.2, 0) is 0 Å². The van der Waals surface area contributed by atoms with Crippen LogP contribution in [0.3, 0.4) is 0 Å². The molecule has 0 unspecified atom stereocenters. The van der Waals surface area contributed by atoms with Crippen molar-refractivity contribution >= 4 is 22.3 Å². The van der Waals surface area contributed by atoms with Crippen LogP contribution < -0.4 is 16.2 Å². The van der Waals surface area contributed by atoms with Crippen LogP contribution in [0, 0.1) is 6.92 Å². The number of ether oxygens (including phenoxy) is 1. The van der Waals surface area contributed by atoms with Crippen molar-refractivity contribution in [2.75, 3.05) is 18.6 Å². The van der Waals surface area contributed by atoms with Crippen molar-refractivity contribution in [3.63, 3.8) is 0 Å². The zero-order valence-electron chi connectivity index (χ0n) is 11.9. The first-order valence-electron chi connectivity index (χ1n) is 6.56. The van der Waals surface area contributed by atoms with Crippen molar-refractivity contribution in [2.24, 2.45) is 0 Å². The molecule has 0 saturated heterocycles. The zero-order chi connectivity index (χ0) is 15.0. The SMILES string of the molecule is COc1c(N)cc(N)c2ccc(-c3ccc(C)cn3)nc12. The van der Waals surface area contributed by atoms with Gasteiger partial charge in [0.25, 0.3) is 0 Å². The highest BCUT2D eigenvalue weighted by molar-refractivity contribution is 5.99. The van der Waals surface area contributed by atoms with Crippen molar-refractivity contribution < 1.29 is 4.74 Å². The minimum absolute atomic E-state index is 0.476. The predicted molar refractivity (Wildman–Crippen MR) is 85.1 cm³/mol. The number of methoxy groups -OCH3 is 1. The van der Waals surface area contributed by atoms with E-state index in [9.17, 15) is 0 Å². The van der Waals surface area contributed by atoms with Crippen LogP contribution in [-0.4, -0.2) is 17.1 Å². The van der Waals surface area contributed by atoms with Gasteiger partial charge in [-0.25, -0.2) is 4.98 Å². The highest BCUT2D eigenvalue weighted by atomic mass is 16.5. The van der Waals surface area contributed by atoms with E-state index in [-0.39, 0.29) is 0 Å². The van der Waals surface area contributed by atoms with Gasteiger partial charge in [0.05, 0.1) is 24.2 Å². The summed E-state index contributed by atoms with van der Waals surface area (Å²) in [6.07, 6.45) is 1.81. The number of hydrogen-bond donors (Lipinski definition) is 2. The molecule has 2 aromatic heterocycles. The standard InChI is InChI=1S/C16H16N4O/c1-9-3-5-13(19-8-9)14-6-4-10-11(17)7-12(18)16(21-2)15(10)20-14/h3-8H,17-18H2,1-2H3. The van der Waals surface area contributed by atoms with Crippen LogP contribution in [0.25, 0.3) is 22.3 Å². The Labute approximate surface area is 122 Å². The van der Waals surface area contributed by atoms with Gasteiger partial charge in [0, 0.05) is 17.3 Å². The Bertz CT molecular complexity index is 813. The quantitative estimate of drug-likeness (QED) is 0.705. The first-order valence-corrected chi connectivity index (χ1v) is 6.56. The van der Waals surface area contributed by atoms with E-state index in [0.29, 0.717) is 22.6 Å². The monoisotopic (exact) mass is 280 g/mol. The Kier molecular flexibility index (Phi) is 3.10. The van der Waals surface area contributed by atoms with Crippen molar-refractivity contribution in [2.45, 2.75) is 6.92 Å². The maximum absolute atomic E-state index is 6.00. The zero-order valence-corrected chi connectivity index (χ0v) is 11.9. The lowest BCUT2D eigenvalue weighted by atomic mass is 10.1. The fourth-order valence-electron chi connectivity index (χ4n) is 2.29. The van der Waals surface area contributed by atoms with Gasteiger partial charge in [-0.05, 0) is 36.8 Å². The largest absolute Gasteiger partial charge is 0.492 e. The number of aromatic nitrogens is 2. The van der Waals surface area contributed by atoms with E-state index < -0.39 is 0 Å². The fraction of sp³-hybridized carbons (Fsp3) is 0.125. The van der Waals surface area contributed by atoms with Gasteiger partial charge in [-0.3, -0.25) is 4.98 Å². The number of benzene rings is 1. The second kappa shape index (κ2) is 4.94. The van der Waals surface area contributed by atoms with E-state index in [4.69, 9.17) is 16.2 Å². The molecular formula is C16H16N4O. The summed E-state index contributed by atoms with van der Waals surface area (Å²) in [5.41, 5.74) is 16.3. The van der Waals surface area contributed by atoms with Gasteiger partial charge in [0.1, 0.15) is 5.52 Å². The van der Waals surface area contributed by atoms with Crippen LogP contribution in [0.15, 0.2) is 36.5 Å². The molecule has 0 bridgehead atoms. The molecule has 0 fully saturated rings. The molecule has 0 aliphatic carbocycles. The van der Waals surface area contributed by atoms with E-state index in [0.717, 1.165) is 22.3 Å². The van der Waals surface area contributed by atoms with Gasteiger partial charge in [0.15, 0.2) is 5.75 Å². The summed E-state index contributed by atoms with van der Waals surface area (Å²) in [7, 11) is 1.57. The Hall–Kier alpha value is -2.82. The lowest BCUT2D eigenvalue weighted by molar-refractivity contribution is 0.421. The van der Waals surface area contributed by atoms with Crippen molar-refractivity contribution in [3.8, 4) is 17.1 Å². The van der Waals surface area contributed by atoms with Gasteiger partial charge < -0.3 is 16.2 Å². The molecule has 0 atom stereocenters. The number of aryl methyl sites for hydroxylation is 1. The third-order valence-electron chi connectivity index (χ3n) is 3.37. The van der Waals surface area contributed by atoms with E-state index in [1.807, 2.05) is 37.4 Å². The second-order valence-electron chi connectivity index (χ2n) is 4.90. The van der Waals surface area contributed by atoms with Crippen LogP contribution in [0.4, 0.5) is 11.4 Å². The van der Waals surface area contributed by atoms with E-state index in [1.165, 1.54) is 0 Å². The van der Waals surface area contributed by atoms with Crippen LogP contribution in [0.5, 0.6) is 5.75 Å².